The van der Waals surface area contributed by atoms with E-state index in [4.69, 9.17) is 9.84 Å². The number of carboxylic acid groups (broad SMARTS) is 1. The summed E-state index contributed by atoms with van der Waals surface area (Å²) >= 11 is 0. The molecule has 1 N–H and O–H groups in total. The molecule has 2 rings (SSSR count). The number of carbonyl (C=O) groups is 3. The number of carboxylic acids is 1. The summed E-state index contributed by atoms with van der Waals surface area (Å²) in [5.74, 6) is -0.704. The number of likely N-dealkylation sites (tertiary alicyclic amines) is 1. The van der Waals surface area contributed by atoms with Crippen molar-refractivity contribution >= 4 is 17.7 Å². The summed E-state index contributed by atoms with van der Waals surface area (Å²) in [6.07, 6.45) is 7.44. The number of nitrogens with zero attached hydrogens (tertiary/aromatic N) is 1. The highest BCUT2D eigenvalue weighted by Gasteiger charge is 2.27. The van der Waals surface area contributed by atoms with Gasteiger partial charge in [0.2, 0.25) is 5.91 Å². The third-order valence-corrected chi connectivity index (χ3v) is 4.60. The minimum atomic E-state index is -1.00. The zero-order valence-electron chi connectivity index (χ0n) is 15.5. The summed E-state index contributed by atoms with van der Waals surface area (Å²) in [6, 6.07) is 9.76. The monoisotopic (exact) mass is 373 g/mol. The Bertz CT molecular complexity index is 656. The lowest BCUT2D eigenvalue weighted by atomic mass is 9.95. The van der Waals surface area contributed by atoms with Gasteiger partial charge in [-0.1, -0.05) is 42.5 Å². The largest absolute Gasteiger partial charge is 0.480 e. The molecule has 6 nitrogen and oxygen atoms in total. The third kappa shape index (κ3) is 7.74. The fraction of sp³-hybridized carbons (Fsp3) is 0.476. The van der Waals surface area contributed by atoms with Crippen LogP contribution in [0.25, 0.3) is 0 Å². The number of rotatable bonds is 11. The van der Waals surface area contributed by atoms with E-state index in [2.05, 4.69) is 0 Å². The molecular formula is C21H27NO5. The molecule has 1 amide bonds. The van der Waals surface area contributed by atoms with Crippen molar-refractivity contribution in [2.24, 2.45) is 0 Å². The Kier molecular flexibility index (Phi) is 8.71. The number of Topliss-reactive ketones (excluding diaryl/α,β-unsaturated/α-hetero) is 1. The van der Waals surface area contributed by atoms with Gasteiger partial charge in [0, 0.05) is 31.8 Å². The molecule has 27 heavy (non-hydrogen) atoms. The van der Waals surface area contributed by atoms with Crippen LogP contribution in [0, 0.1) is 0 Å². The Balaban J connectivity index is 1.78. The first-order valence-corrected chi connectivity index (χ1v) is 9.36. The van der Waals surface area contributed by atoms with Gasteiger partial charge in [0.15, 0.2) is 0 Å². The normalized spacial score (nSPS) is 17.4. The summed E-state index contributed by atoms with van der Waals surface area (Å²) in [5, 5.41) is 8.51. The van der Waals surface area contributed by atoms with Gasteiger partial charge < -0.3 is 14.7 Å². The zero-order chi connectivity index (χ0) is 19.5. The van der Waals surface area contributed by atoms with Crippen LogP contribution in [-0.2, 0) is 25.5 Å². The quantitative estimate of drug-likeness (QED) is 0.476. The number of amides is 1. The van der Waals surface area contributed by atoms with Crippen LogP contribution in [0.2, 0.25) is 0 Å². The van der Waals surface area contributed by atoms with Crippen LogP contribution in [0.4, 0.5) is 0 Å². The minimum absolute atomic E-state index is 0.0792. The molecule has 0 spiro atoms. The van der Waals surface area contributed by atoms with Crippen LogP contribution in [0.3, 0.4) is 0 Å². The van der Waals surface area contributed by atoms with Gasteiger partial charge in [0.05, 0.1) is 6.61 Å². The highest BCUT2D eigenvalue weighted by Crippen LogP contribution is 2.22. The maximum atomic E-state index is 12.2. The summed E-state index contributed by atoms with van der Waals surface area (Å²) in [7, 11) is 0. The molecule has 0 saturated carbocycles. The first kappa shape index (κ1) is 20.8. The Morgan fingerprint density at radius 3 is 2.74 bits per heavy atom. The number of carbonyl (C=O) groups excluding carboxylic acids is 2. The van der Waals surface area contributed by atoms with E-state index in [1.165, 1.54) is 0 Å². The molecule has 1 heterocycles. The maximum absolute atomic E-state index is 12.2. The lowest BCUT2D eigenvalue weighted by Gasteiger charge is -2.35. The Labute approximate surface area is 159 Å². The molecule has 0 unspecified atom stereocenters. The number of hydrogen-bond acceptors (Lipinski definition) is 4. The molecular weight excluding hydrogens is 346 g/mol. The highest BCUT2D eigenvalue weighted by atomic mass is 16.5. The SMILES string of the molecule is O=C(O)COC/C=C\CN1C(=O)CCC[C@@H]1CCC(=O)Cc1ccccc1. The zero-order valence-corrected chi connectivity index (χ0v) is 15.5. The second-order valence-corrected chi connectivity index (χ2v) is 6.71. The molecule has 0 aromatic heterocycles. The van der Waals surface area contributed by atoms with Gasteiger partial charge in [-0.25, -0.2) is 4.79 Å². The van der Waals surface area contributed by atoms with E-state index in [1.54, 1.807) is 6.08 Å². The van der Waals surface area contributed by atoms with Crippen molar-refractivity contribution in [2.75, 3.05) is 19.8 Å². The summed E-state index contributed by atoms with van der Waals surface area (Å²) in [4.78, 5) is 36.7. The number of ketones is 1. The van der Waals surface area contributed by atoms with Crippen LogP contribution in [-0.4, -0.2) is 53.5 Å². The Hall–Kier alpha value is -2.47. The summed E-state index contributed by atoms with van der Waals surface area (Å²) in [5.41, 5.74) is 1.02. The fourth-order valence-electron chi connectivity index (χ4n) is 3.25. The lowest BCUT2D eigenvalue weighted by molar-refractivity contribution is -0.141. The second kappa shape index (κ2) is 11.3. The number of aliphatic carboxylic acids is 1. The molecule has 1 aromatic rings. The van der Waals surface area contributed by atoms with Crippen molar-refractivity contribution in [1.82, 2.24) is 4.90 Å². The molecule has 0 aliphatic carbocycles. The molecule has 0 radical (unpaired) electrons. The van der Waals surface area contributed by atoms with Gasteiger partial charge in [0.25, 0.3) is 0 Å². The van der Waals surface area contributed by atoms with E-state index in [1.807, 2.05) is 41.3 Å². The van der Waals surface area contributed by atoms with E-state index in [0.29, 0.717) is 32.2 Å². The van der Waals surface area contributed by atoms with Crippen molar-refractivity contribution in [3.8, 4) is 0 Å². The molecule has 1 atom stereocenters. The predicted octanol–water partition coefficient (Wildman–Crippen LogP) is 2.62. The van der Waals surface area contributed by atoms with Crippen LogP contribution in [0.5, 0.6) is 0 Å². The average Bonchev–Trinajstić information content (AvgIpc) is 2.65. The fourth-order valence-corrected chi connectivity index (χ4v) is 3.25. The van der Waals surface area contributed by atoms with Gasteiger partial charge >= 0.3 is 5.97 Å². The Morgan fingerprint density at radius 2 is 2.00 bits per heavy atom. The van der Waals surface area contributed by atoms with Crippen molar-refractivity contribution in [2.45, 2.75) is 44.6 Å². The first-order chi connectivity index (χ1) is 13.1. The molecule has 1 aromatic carbocycles. The summed E-state index contributed by atoms with van der Waals surface area (Å²) in [6.45, 7) is 0.334. The van der Waals surface area contributed by atoms with E-state index >= 15 is 0 Å². The number of ether oxygens (including phenoxy) is 1. The molecule has 1 aliphatic rings. The van der Waals surface area contributed by atoms with Crippen LogP contribution >= 0.6 is 0 Å². The van der Waals surface area contributed by atoms with Crippen LogP contribution < -0.4 is 0 Å². The van der Waals surface area contributed by atoms with Crippen LogP contribution in [0.1, 0.15) is 37.7 Å². The van der Waals surface area contributed by atoms with Gasteiger partial charge in [-0.3, -0.25) is 9.59 Å². The molecule has 146 valence electrons. The number of hydrogen-bond donors (Lipinski definition) is 1. The first-order valence-electron chi connectivity index (χ1n) is 9.36. The molecule has 1 aliphatic heterocycles. The highest BCUT2D eigenvalue weighted by molar-refractivity contribution is 5.81. The summed E-state index contributed by atoms with van der Waals surface area (Å²) < 4.78 is 4.94. The van der Waals surface area contributed by atoms with E-state index in [9.17, 15) is 14.4 Å². The van der Waals surface area contributed by atoms with E-state index in [0.717, 1.165) is 18.4 Å². The van der Waals surface area contributed by atoms with E-state index in [-0.39, 0.29) is 30.9 Å². The topological polar surface area (TPSA) is 83.9 Å². The van der Waals surface area contributed by atoms with Crippen LogP contribution in [0.15, 0.2) is 42.5 Å². The third-order valence-electron chi connectivity index (χ3n) is 4.60. The standard InChI is InChI=1S/C21H27NO5/c23-19(15-17-7-2-1-3-8-17)12-11-18-9-6-10-20(24)22(18)13-4-5-14-27-16-21(25)26/h1-5,7-8,18H,6,9-16H2,(H,25,26)/b5-4-/t18-/m1/s1. The molecule has 0 bridgehead atoms. The minimum Gasteiger partial charge on any atom is -0.480 e. The molecule has 6 heteroatoms. The van der Waals surface area contributed by atoms with E-state index < -0.39 is 5.97 Å². The van der Waals surface area contributed by atoms with Gasteiger partial charge in [-0.2, -0.15) is 0 Å². The van der Waals surface area contributed by atoms with Crippen molar-refractivity contribution in [3.63, 3.8) is 0 Å². The van der Waals surface area contributed by atoms with Gasteiger partial charge in [-0.05, 0) is 24.8 Å². The number of piperidine rings is 1. The van der Waals surface area contributed by atoms with Crippen molar-refractivity contribution < 1.29 is 24.2 Å². The second-order valence-electron chi connectivity index (χ2n) is 6.71. The molecule has 1 saturated heterocycles. The predicted molar refractivity (Wildman–Crippen MR) is 101 cm³/mol. The molecule has 1 fully saturated rings. The lowest BCUT2D eigenvalue weighted by Crippen LogP contribution is -2.43. The number of benzene rings is 1. The van der Waals surface area contributed by atoms with Crippen molar-refractivity contribution in [1.29, 1.82) is 0 Å². The van der Waals surface area contributed by atoms with Gasteiger partial charge in [0.1, 0.15) is 12.4 Å². The maximum Gasteiger partial charge on any atom is 0.329 e. The van der Waals surface area contributed by atoms with Gasteiger partial charge in [-0.15, -0.1) is 0 Å². The van der Waals surface area contributed by atoms with Crippen molar-refractivity contribution in [3.05, 3.63) is 48.0 Å². The smallest absolute Gasteiger partial charge is 0.329 e. The Morgan fingerprint density at radius 1 is 1.22 bits per heavy atom. The average molecular weight is 373 g/mol.